The van der Waals surface area contributed by atoms with E-state index in [1.165, 1.54) is 27.6 Å². The largest absolute Gasteiger partial charge is 0.381 e. The van der Waals surface area contributed by atoms with Gasteiger partial charge in [0, 0.05) is 29.5 Å². The molecule has 0 atom stereocenters. The van der Waals surface area contributed by atoms with Crippen LogP contribution in [0.2, 0.25) is 0 Å². The van der Waals surface area contributed by atoms with E-state index in [1.54, 1.807) is 12.1 Å². The van der Waals surface area contributed by atoms with Crippen LogP contribution in [-0.2, 0) is 6.54 Å². The van der Waals surface area contributed by atoms with Gasteiger partial charge in [-0.25, -0.2) is 0 Å². The van der Waals surface area contributed by atoms with E-state index in [1.807, 2.05) is 24.4 Å². The summed E-state index contributed by atoms with van der Waals surface area (Å²) < 4.78 is 0. The summed E-state index contributed by atoms with van der Waals surface area (Å²) in [5, 5.41) is 4.59. The number of anilines is 1. The van der Waals surface area contributed by atoms with E-state index >= 15 is 0 Å². The van der Waals surface area contributed by atoms with Gasteiger partial charge >= 0.3 is 0 Å². The Hall–Kier alpha value is -3.53. The summed E-state index contributed by atoms with van der Waals surface area (Å²) in [7, 11) is 0. The number of aromatic nitrogens is 1. The van der Waals surface area contributed by atoms with Gasteiger partial charge in [0.2, 0.25) is 5.91 Å². The summed E-state index contributed by atoms with van der Waals surface area (Å²) in [6.07, 6.45) is 1.96. The maximum Gasteiger partial charge on any atom is 0.248 e. The van der Waals surface area contributed by atoms with Crippen LogP contribution < -0.4 is 11.1 Å². The first-order valence-electron chi connectivity index (χ1n) is 9.24. The molecule has 142 valence electrons. The quantitative estimate of drug-likeness (QED) is 0.462. The van der Waals surface area contributed by atoms with Crippen LogP contribution in [-0.4, -0.2) is 10.9 Å². The molecule has 0 saturated carbocycles. The number of primary amides is 1. The van der Waals surface area contributed by atoms with E-state index in [9.17, 15) is 4.79 Å². The topological polar surface area (TPSA) is 70.9 Å². The maximum atomic E-state index is 10.9. The Kier molecular flexibility index (Phi) is 6.12. The molecular formula is C24H25N3O. The zero-order valence-electron chi connectivity index (χ0n) is 16.2. The van der Waals surface area contributed by atoms with Crippen molar-refractivity contribution in [3.8, 4) is 0 Å². The van der Waals surface area contributed by atoms with E-state index in [-0.39, 0.29) is 0 Å². The molecule has 0 spiro atoms. The summed E-state index contributed by atoms with van der Waals surface area (Å²) in [6, 6.07) is 24.0. The third-order valence-corrected chi connectivity index (χ3v) is 4.46. The van der Waals surface area contributed by atoms with Crippen molar-refractivity contribution in [2.24, 2.45) is 5.73 Å². The molecule has 4 heteroatoms. The van der Waals surface area contributed by atoms with Crippen molar-refractivity contribution >= 4 is 22.5 Å². The fraction of sp³-hybridized carbons (Fsp3) is 0.125. The van der Waals surface area contributed by atoms with Gasteiger partial charge in [0.25, 0.3) is 0 Å². The van der Waals surface area contributed by atoms with Gasteiger partial charge in [0.05, 0.1) is 0 Å². The van der Waals surface area contributed by atoms with Crippen molar-refractivity contribution < 1.29 is 4.79 Å². The van der Waals surface area contributed by atoms with Crippen molar-refractivity contribution in [2.45, 2.75) is 20.4 Å². The predicted molar refractivity (Wildman–Crippen MR) is 117 cm³/mol. The maximum absolute atomic E-state index is 10.9. The number of hydrogen-bond donors (Lipinski definition) is 3. The first-order valence-corrected chi connectivity index (χ1v) is 9.24. The van der Waals surface area contributed by atoms with Crippen LogP contribution in [0, 0.1) is 13.8 Å². The van der Waals surface area contributed by atoms with Crippen molar-refractivity contribution in [2.75, 3.05) is 5.32 Å². The van der Waals surface area contributed by atoms with Crippen LogP contribution in [0.15, 0.2) is 79.0 Å². The fourth-order valence-electron chi connectivity index (χ4n) is 2.95. The molecule has 0 saturated heterocycles. The Labute approximate surface area is 165 Å². The van der Waals surface area contributed by atoms with E-state index in [2.05, 4.69) is 66.6 Å². The van der Waals surface area contributed by atoms with E-state index in [4.69, 9.17) is 5.73 Å². The smallest absolute Gasteiger partial charge is 0.248 e. The molecule has 0 fully saturated rings. The van der Waals surface area contributed by atoms with Gasteiger partial charge in [-0.15, -0.1) is 0 Å². The first kappa shape index (κ1) is 19.2. The van der Waals surface area contributed by atoms with Gasteiger partial charge in [-0.2, -0.15) is 0 Å². The minimum Gasteiger partial charge on any atom is -0.381 e. The zero-order valence-corrected chi connectivity index (χ0v) is 16.2. The number of fused-ring (bicyclic) bond motifs is 1. The third-order valence-electron chi connectivity index (χ3n) is 4.46. The van der Waals surface area contributed by atoms with E-state index in [0.717, 1.165) is 12.2 Å². The number of carbonyl (C=O) groups is 1. The second kappa shape index (κ2) is 8.91. The van der Waals surface area contributed by atoms with Crippen LogP contribution >= 0.6 is 0 Å². The number of amides is 1. The number of nitrogens with one attached hydrogen (secondary N) is 2. The van der Waals surface area contributed by atoms with Gasteiger partial charge in [-0.05, 0) is 67.3 Å². The molecule has 1 aromatic heterocycles. The highest BCUT2D eigenvalue weighted by Crippen LogP contribution is 2.13. The van der Waals surface area contributed by atoms with Gasteiger partial charge in [0.15, 0.2) is 0 Å². The third kappa shape index (κ3) is 5.24. The summed E-state index contributed by atoms with van der Waals surface area (Å²) in [5.41, 5.74) is 11.7. The minimum absolute atomic E-state index is 0.403. The fourth-order valence-corrected chi connectivity index (χ4v) is 2.95. The normalized spacial score (nSPS) is 10.2. The van der Waals surface area contributed by atoms with E-state index in [0.29, 0.717) is 5.56 Å². The lowest BCUT2D eigenvalue weighted by Crippen LogP contribution is -2.10. The highest BCUT2D eigenvalue weighted by Gasteiger charge is 1.99. The molecule has 4 N–H and O–H groups in total. The molecular weight excluding hydrogens is 346 g/mol. The van der Waals surface area contributed by atoms with Crippen molar-refractivity contribution in [1.29, 1.82) is 0 Å². The van der Waals surface area contributed by atoms with Crippen LogP contribution in [0.3, 0.4) is 0 Å². The molecule has 4 rings (SSSR count). The molecule has 1 heterocycles. The Morgan fingerprint density at radius 2 is 1.68 bits per heavy atom. The zero-order chi connectivity index (χ0) is 19.9. The predicted octanol–water partition coefficient (Wildman–Crippen LogP) is 5.18. The number of rotatable bonds is 4. The highest BCUT2D eigenvalue weighted by molar-refractivity contribution is 5.93. The molecule has 0 aliphatic heterocycles. The molecule has 0 unspecified atom stereocenters. The highest BCUT2D eigenvalue weighted by atomic mass is 16.1. The number of carbonyl (C=O) groups excluding carboxylic acids is 1. The van der Waals surface area contributed by atoms with Crippen molar-refractivity contribution in [3.05, 3.63) is 101 Å². The van der Waals surface area contributed by atoms with Gasteiger partial charge in [0.1, 0.15) is 0 Å². The van der Waals surface area contributed by atoms with Crippen molar-refractivity contribution in [3.63, 3.8) is 0 Å². The average Bonchev–Trinajstić information content (AvgIpc) is 3.15. The molecule has 3 aromatic carbocycles. The van der Waals surface area contributed by atoms with E-state index < -0.39 is 5.91 Å². The molecule has 0 bridgehead atoms. The number of hydrogen-bond acceptors (Lipinski definition) is 2. The van der Waals surface area contributed by atoms with Crippen LogP contribution in [0.4, 0.5) is 5.69 Å². The molecule has 4 nitrogen and oxygen atoms in total. The monoisotopic (exact) mass is 371 g/mol. The first-order chi connectivity index (χ1) is 13.5. The molecule has 0 aliphatic rings. The summed E-state index contributed by atoms with van der Waals surface area (Å²) in [5.74, 6) is -0.403. The molecule has 0 aliphatic carbocycles. The average molecular weight is 371 g/mol. The van der Waals surface area contributed by atoms with Gasteiger partial charge in [-0.3, -0.25) is 4.79 Å². The minimum atomic E-state index is -0.403. The number of nitrogens with two attached hydrogens (primary N) is 1. The lowest BCUT2D eigenvalue weighted by atomic mass is 10.1. The molecule has 28 heavy (non-hydrogen) atoms. The molecule has 0 radical (unpaired) electrons. The van der Waals surface area contributed by atoms with Crippen LogP contribution in [0.1, 0.15) is 27.0 Å². The van der Waals surface area contributed by atoms with Gasteiger partial charge < -0.3 is 16.0 Å². The number of aromatic amines is 1. The van der Waals surface area contributed by atoms with Gasteiger partial charge in [-0.1, -0.05) is 41.5 Å². The Bertz CT molecular complexity index is 1060. The Morgan fingerprint density at radius 1 is 0.929 bits per heavy atom. The Balaban J connectivity index is 0.000000188. The Morgan fingerprint density at radius 3 is 2.39 bits per heavy atom. The number of benzene rings is 3. The summed E-state index contributed by atoms with van der Waals surface area (Å²) in [4.78, 5) is 14.1. The number of aryl methyl sites for hydroxylation is 2. The second-order valence-electron chi connectivity index (χ2n) is 6.85. The van der Waals surface area contributed by atoms with Crippen LogP contribution in [0.25, 0.3) is 10.9 Å². The molecule has 4 aromatic rings. The number of H-pyrrole nitrogens is 1. The standard InChI is InChI=1S/C15H16N2O.C9H9N/c1-11-3-2-4-12(9-11)10-17-14-7-5-13(6-8-14)15(16)18;1-7-2-3-9-8(6-7)4-5-10-9/h2-9,17H,10H2,1H3,(H2,16,18);2-6,10H,1H3. The van der Waals surface area contributed by atoms with Crippen molar-refractivity contribution in [1.82, 2.24) is 4.98 Å². The lowest BCUT2D eigenvalue weighted by molar-refractivity contribution is 0.100. The summed E-state index contributed by atoms with van der Waals surface area (Å²) in [6.45, 7) is 4.94. The SMILES string of the molecule is Cc1ccc2[nH]ccc2c1.Cc1cccc(CNc2ccc(C(N)=O)cc2)c1. The van der Waals surface area contributed by atoms with Crippen LogP contribution in [0.5, 0.6) is 0 Å². The molecule has 1 amide bonds. The second-order valence-corrected chi connectivity index (χ2v) is 6.85. The lowest BCUT2D eigenvalue weighted by Gasteiger charge is -2.07. The summed E-state index contributed by atoms with van der Waals surface area (Å²) >= 11 is 0.